The van der Waals surface area contributed by atoms with Crippen LogP contribution in [0.25, 0.3) is 0 Å². The highest BCUT2D eigenvalue weighted by Crippen LogP contribution is 2.22. The molecule has 1 amide bonds. The van der Waals surface area contributed by atoms with Crippen LogP contribution in [0.3, 0.4) is 0 Å². The second-order valence-corrected chi connectivity index (χ2v) is 7.14. The SMILES string of the molecule is Cc1nn(CC(=O)c2ccc(NC(=O)C(C)(C)C)cc2)c(C)c1[N+](=O)[O-]. The molecular weight excluding hydrogens is 336 g/mol. The first-order chi connectivity index (χ1) is 12.0. The number of Topliss-reactive ketones (excluding diaryl/α,β-unsaturated/α-hetero) is 1. The van der Waals surface area contributed by atoms with Crippen molar-refractivity contribution in [1.82, 2.24) is 9.78 Å². The normalized spacial score (nSPS) is 11.3. The third kappa shape index (κ3) is 4.14. The van der Waals surface area contributed by atoms with Crippen LogP contribution in [0.2, 0.25) is 0 Å². The fourth-order valence-electron chi connectivity index (χ4n) is 2.39. The van der Waals surface area contributed by atoms with Gasteiger partial charge in [0.15, 0.2) is 5.78 Å². The highest BCUT2D eigenvalue weighted by Gasteiger charge is 2.23. The van der Waals surface area contributed by atoms with Gasteiger partial charge in [-0.2, -0.15) is 5.10 Å². The lowest BCUT2D eigenvalue weighted by atomic mass is 9.95. The molecule has 0 aliphatic carbocycles. The Kier molecular flexibility index (Phi) is 5.25. The van der Waals surface area contributed by atoms with Gasteiger partial charge in [0.05, 0.1) is 4.92 Å². The van der Waals surface area contributed by atoms with Gasteiger partial charge in [0.2, 0.25) is 5.91 Å². The molecule has 1 aromatic carbocycles. The molecule has 0 saturated carbocycles. The number of carbonyl (C=O) groups is 2. The van der Waals surface area contributed by atoms with Crippen LogP contribution < -0.4 is 5.32 Å². The molecule has 1 N–H and O–H groups in total. The van der Waals surface area contributed by atoms with Gasteiger partial charge in [0, 0.05) is 16.7 Å². The molecule has 8 nitrogen and oxygen atoms in total. The molecule has 0 fully saturated rings. The Hall–Kier alpha value is -3.03. The van der Waals surface area contributed by atoms with E-state index in [1.165, 1.54) is 4.68 Å². The third-order valence-corrected chi connectivity index (χ3v) is 3.97. The van der Waals surface area contributed by atoms with Gasteiger partial charge >= 0.3 is 5.69 Å². The number of aromatic nitrogens is 2. The number of nitrogens with one attached hydrogen (secondary N) is 1. The summed E-state index contributed by atoms with van der Waals surface area (Å²) in [5.41, 5.74) is 1.07. The van der Waals surface area contributed by atoms with Gasteiger partial charge in [-0.05, 0) is 38.1 Å². The fraction of sp³-hybridized carbons (Fsp3) is 0.389. The number of hydrogen-bond donors (Lipinski definition) is 1. The first kappa shape index (κ1) is 19.3. The second kappa shape index (κ2) is 7.07. The van der Waals surface area contributed by atoms with Crippen LogP contribution in [-0.2, 0) is 11.3 Å². The highest BCUT2D eigenvalue weighted by molar-refractivity contribution is 5.98. The fourth-order valence-corrected chi connectivity index (χ4v) is 2.39. The number of aryl methyl sites for hydroxylation is 1. The van der Waals surface area contributed by atoms with Crippen molar-refractivity contribution >= 4 is 23.1 Å². The zero-order valence-electron chi connectivity index (χ0n) is 15.5. The lowest BCUT2D eigenvalue weighted by Gasteiger charge is -2.17. The van der Waals surface area contributed by atoms with Gasteiger partial charge in [-0.3, -0.25) is 24.4 Å². The topological polar surface area (TPSA) is 107 Å². The van der Waals surface area contributed by atoms with Crippen molar-refractivity contribution in [3.63, 3.8) is 0 Å². The standard InChI is InChI=1S/C18H22N4O4/c1-11-16(22(25)26)12(2)21(20-11)10-15(23)13-6-8-14(9-7-13)19-17(24)18(3,4)5/h6-9H,10H2,1-5H3,(H,19,24). The number of rotatable bonds is 5. The summed E-state index contributed by atoms with van der Waals surface area (Å²) >= 11 is 0. The molecule has 8 heteroatoms. The minimum Gasteiger partial charge on any atom is -0.326 e. The van der Waals surface area contributed by atoms with Crippen LogP contribution in [0.15, 0.2) is 24.3 Å². The van der Waals surface area contributed by atoms with Crippen LogP contribution >= 0.6 is 0 Å². The third-order valence-electron chi connectivity index (χ3n) is 3.97. The summed E-state index contributed by atoms with van der Waals surface area (Å²) in [7, 11) is 0. The van der Waals surface area contributed by atoms with Gasteiger partial charge in [0.25, 0.3) is 0 Å². The van der Waals surface area contributed by atoms with Gasteiger partial charge in [-0.15, -0.1) is 0 Å². The molecule has 1 heterocycles. The summed E-state index contributed by atoms with van der Waals surface area (Å²) in [5.74, 6) is -0.342. The van der Waals surface area contributed by atoms with E-state index in [0.29, 0.717) is 16.9 Å². The summed E-state index contributed by atoms with van der Waals surface area (Å²) in [5, 5.41) is 17.9. The first-order valence-electron chi connectivity index (χ1n) is 8.14. The van der Waals surface area contributed by atoms with Gasteiger partial charge < -0.3 is 5.32 Å². The van der Waals surface area contributed by atoms with Crippen molar-refractivity contribution in [3.05, 3.63) is 51.3 Å². The van der Waals surface area contributed by atoms with E-state index in [4.69, 9.17) is 0 Å². The number of amides is 1. The van der Waals surface area contributed by atoms with E-state index >= 15 is 0 Å². The van der Waals surface area contributed by atoms with E-state index in [1.807, 2.05) is 20.8 Å². The van der Waals surface area contributed by atoms with Crippen molar-refractivity contribution in [1.29, 1.82) is 0 Å². The predicted octanol–water partition coefficient (Wildman–Crippen LogP) is 3.28. The van der Waals surface area contributed by atoms with E-state index < -0.39 is 10.3 Å². The smallest absolute Gasteiger partial charge is 0.312 e. The van der Waals surface area contributed by atoms with E-state index in [9.17, 15) is 19.7 Å². The monoisotopic (exact) mass is 358 g/mol. The molecule has 26 heavy (non-hydrogen) atoms. The number of carbonyl (C=O) groups excluding carboxylic acids is 2. The summed E-state index contributed by atoms with van der Waals surface area (Å²) < 4.78 is 1.34. The van der Waals surface area contributed by atoms with Gasteiger partial charge in [-0.25, -0.2) is 0 Å². The summed E-state index contributed by atoms with van der Waals surface area (Å²) in [6.07, 6.45) is 0. The Bertz CT molecular complexity index is 861. The number of nitro groups is 1. The molecule has 0 bridgehead atoms. The zero-order chi connectivity index (χ0) is 19.6. The molecule has 0 spiro atoms. The lowest BCUT2D eigenvalue weighted by Crippen LogP contribution is -2.27. The largest absolute Gasteiger partial charge is 0.326 e. The zero-order valence-corrected chi connectivity index (χ0v) is 15.5. The van der Waals surface area contributed by atoms with Crippen LogP contribution in [0, 0.1) is 29.4 Å². The maximum atomic E-state index is 12.4. The summed E-state index contributed by atoms with van der Waals surface area (Å²) in [4.78, 5) is 35.0. The molecule has 138 valence electrons. The maximum absolute atomic E-state index is 12.4. The quantitative estimate of drug-likeness (QED) is 0.501. The van der Waals surface area contributed by atoms with Crippen LogP contribution in [0.4, 0.5) is 11.4 Å². The Morgan fingerprint density at radius 2 is 1.77 bits per heavy atom. The van der Waals surface area contributed by atoms with E-state index in [2.05, 4.69) is 10.4 Å². The highest BCUT2D eigenvalue weighted by atomic mass is 16.6. The van der Waals surface area contributed by atoms with E-state index in [-0.39, 0.29) is 29.6 Å². The number of nitrogens with zero attached hydrogens (tertiary/aromatic N) is 3. The Morgan fingerprint density at radius 3 is 2.23 bits per heavy atom. The van der Waals surface area contributed by atoms with Crippen molar-refractivity contribution in [2.45, 2.75) is 41.2 Å². The van der Waals surface area contributed by atoms with Gasteiger partial charge in [0.1, 0.15) is 17.9 Å². The van der Waals surface area contributed by atoms with Crippen LogP contribution in [0.1, 0.15) is 42.5 Å². The van der Waals surface area contributed by atoms with E-state index in [1.54, 1.807) is 38.1 Å². The van der Waals surface area contributed by atoms with Crippen molar-refractivity contribution < 1.29 is 14.5 Å². The first-order valence-corrected chi connectivity index (χ1v) is 8.14. The molecular formula is C18H22N4O4. The number of anilines is 1. The van der Waals surface area contributed by atoms with Crippen LogP contribution in [-0.4, -0.2) is 26.4 Å². The minimum absolute atomic E-state index is 0.0713. The summed E-state index contributed by atoms with van der Waals surface area (Å²) in [6, 6.07) is 6.53. The minimum atomic E-state index is -0.515. The van der Waals surface area contributed by atoms with Gasteiger partial charge in [-0.1, -0.05) is 20.8 Å². The molecule has 0 saturated heterocycles. The van der Waals surface area contributed by atoms with Crippen LogP contribution in [0.5, 0.6) is 0 Å². The predicted molar refractivity (Wildman–Crippen MR) is 97.2 cm³/mol. The van der Waals surface area contributed by atoms with Crippen molar-refractivity contribution in [3.8, 4) is 0 Å². The molecule has 1 aromatic heterocycles. The lowest BCUT2D eigenvalue weighted by molar-refractivity contribution is -0.386. The molecule has 2 rings (SSSR count). The van der Waals surface area contributed by atoms with Crippen molar-refractivity contribution in [2.75, 3.05) is 5.32 Å². The molecule has 0 radical (unpaired) electrons. The van der Waals surface area contributed by atoms with E-state index in [0.717, 1.165) is 0 Å². The molecule has 0 aliphatic rings. The molecule has 2 aromatic rings. The Labute approximate surface area is 151 Å². The Morgan fingerprint density at radius 1 is 1.19 bits per heavy atom. The maximum Gasteiger partial charge on any atom is 0.312 e. The van der Waals surface area contributed by atoms with Crippen molar-refractivity contribution in [2.24, 2.45) is 5.41 Å². The number of ketones is 1. The summed E-state index contributed by atoms with van der Waals surface area (Å²) in [6.45, 7) is 8.46. The number of benzene rings is 1. The number of hydrogen-bond acceptors (Lipinski definition) is 5. The Balaban J connectivity index is 2.13. The average molecular weight is 358 g/mol. The average Bonchev–Trinajstić information content (AvgIpc) is 2.81. The molecule has 0 unspecified atom stereocenters. The molecule has 0 aliphatic heterocycles. The second-order valence-electron chi connectivity index (χ2n) is 7.14. The molecule has 0 atom stereocenters.